The molecule has 0 bridgehead atoms. The molecule has 7 nitrogen and oxygen atoms in total. The van der Waals surface area contributed by atoms with Crippen LogP contribution in [0.2, 0.25) is 0 Å². The highest BCUT2D eigenvalue weighted by molar-refractivity contribution is 7.89. The monoisotopic (exact) mass is 538 g/mol. The molecule has 0 aliphatic heterocycles. The van der Waals surface area contributed by atoms with Crippen molar-refractivity contribution in [2.75, 3.05) is 11.9 Å². The van der Waals surface area contributed by atoms with Gasteiger partial charge >= 0.3 is 0 Å². The van der Waals surface area contributed by atoms with Crippen molar-refractivity contribution in [1.29, 1.82) is 0 Å². The molecule has 1 heterocycles. The number of aromatic nitrogens is 2. The fourth-order valence-corrected chi connectivity index (χ4v) is 5.71. The Labute approximate surface area is 228 Å². The number of aryl methyl sites for hydroxylation is 1. The fraction of sp³-hybridized carbons (Fsp3) is 0.467. The summed E-state index contributed by atoms with van der Waals surface area (Å²) in [5.74, 6) is 0.0739. The Balaban J connectivity index is 1.94. The van der Waals surface area contributed by atoms with Crippen LogP contribution in [-0.2, 0) is 25.6 Å². The van der Waals surface area contributed by atoms with Gasteiger partial charge in [-0.2, -0.15) is 9.40 Å². The van der Waals surface area contributed by atoms with Gasteiger partial charge in [-0.15, -0.1) is 0 Å². The number of amides is 1. The average molecular weight is 539 g/mol. The molecule has 0 unspecified atom stereocenters. The number of nitrogens with one attached hydrogen (secondary N) is 1. The molecule has 8 heteroatoms. The Morgan fingerprint density at radius 2 is 1.58 bits per heavy atom. The zero-order valence-corrected chi connectivity index (χ0v) is 25.2. The third-order valence-electron chi connectivity index (χ3n) is 6.75. The summed E-state index contributed by atoms with van der Waals surface area (Å²) < 4.78 is 30.1. The molecule has 0 radical (unpaired) electrons. The van der Waals surface area contributed by atoms with E-state index in [2.05, 4.69) is 46.9 Å². The summed E-state index contributed by atoms with van der Waals surface area (Å²) in [7, 11) is -3.89. The second kappa shape index (κ2) is 10.7. The SMILES string of the molecule is Cc1cccc(-n2nc(C(C)(C)C)cc2NC(=O)CN(C(C)C)S(=O)(=O)c2ccc(C(C)(C)C)cc2)c1C. The lowest BCUT2D eigenvalue weighted by Gasteiger charge is -2.26. The van der Waals surface area contributed by atoms with Crippen LogP contribution in [0.4, 0.5) is 5.82 Å². The van der Waals surface area contributed by atoms with Crippen LogP contribution in [0.1, 0.15) is 77.8 Å². The van der Waals surface area contributed by atoms with E-state index in [9.17, 15) is 13.2 Å². The van der Waals surface area contributed by atoms with E-state index in [1.165, 1.54) is 4.31 Å². The minimum absolute atomic E-state index is 0.0928. The second-order valence-corrected chi connectivity index (χ2v) is 14.2. The minimum atomic E-state index is -3.89. The molecular formula is C30H42N4O3S. The zero-order chi connectivity index (χ0) is 28.6. The molecule has 1 amide bonds. The Morgan fingerprint density at radius 1 is 0.974 bits per heavy atom. The number of hydrogen-bond acceptors (Lipinski definition) is 4. The van der Waals surface area contributed by atoms with Gasteiger partial charge in [-0.3, -0.25) is 4.79 Å². The summed E-state index contributed by atoms with van der Waals surface area (Å²) in [5, 5.41) is 7.76. The lowest BCUT2D eigenvalue weighted by atomic mass is 9.87. The van der Waals surface area contributed by atoms with Crippen LogP contribution in [0, 0.1) is 13.8 Å². The van der Waals surface area contributed by atoms with Crippen molar-refractivity contribution in [1.82, 2.24) is 14.1 Å². The van der Waals surface area contributed by atoms with Crippen LogP contribution in [0.15, 0.2) is 53.4 Å². The molecule has 0 fully saturated rings. The van der Waals surface area contributed by atoms with Gasteiger partial charge < -0.3 is 5.32 Å². The van der Waals surface area contributed by atoms with Crippen molar-refractivity contribution >= 4 is 21.7 Å². The van der Waals surface area contributed by atoms with Gasteiger partial charge in [0.25, 0.3) is 0 Å². The molecule has 3 aromatic rings. The predicted molar refractivity (Wildman–Crippen MR) is 155 cm³/mol. The number of nitrogens with zero attached hydrogens (tertiary/aromatic N) is 3. The lowest BCUT2D eigenvalue weighted by Crippen LogP contribution is -2.42. The number of sulfonamides is 1. The number of benzene rings is 2. The normalized spacial score (nSPS) is 12.8. The van der Waals surface area contributed by atoms with Crippen LogP contribution in [0.3, 0.4) is 0 Å². The highest BCUT2D eigenvalue weighted by Gasteiger charge is 2.30. The summed E-state index contributed by atoms with van der Waals surface area (Å²) >= 11 is 0. The molecule has 38 heavy (non-hydrogen) atoms. The van der Waals surface area contributed by atoms with Gasteiger partial charge in [-0.25, -0.2) is 13.1 Å². The summed E-state index contributed by atoms with van der Waals surface area (Å²) in [6.45, 7) is 19.7. The van der Waals surface area contributed by atoms with Gasteiger partial charge in [0.2, 0.25) is 15.9 Å². The highest BCUT2D eigenvalue weighted by atomic mass is 32.2. The fourth-order valence-electron chi connectivity index (χ4n) is 4.12. The Morgan fingerprint density at radius 3 is 2.11 bits per heavy atom. The first-order valence-corrected chi connectivity index (χ1v) is 14.5. The van der Waals surface area contributed by atoms with E-state index in [0.29, 0.717) is 5.82 Å². The minimum Gasteiger partial charge on any atom is -0.309 e. The van der Waals surface area contributed by atoms with Crippen molar-refractivity contribution < 1.29 is 13.2 Å². The first-order chi connectivity index (χ1) is 17.4. The maximum Gasteiger partial charge on any atom is 0.243 e. The number of hydrogen-bond donors (Lipinski definition) is 1. The molecule has 2 aromatic carbocycles. The van der Waals surface area contributed by atoms with Crippen molar-refractivity contribution in [2.24, 2.45) is 0 Å². The van der Waals surface area contributed by atoms with Crippen LogP contribution < -0.4 is 5.32 Å². The molecule has 0 aliphatic carbocycles. The molecule has 0 atom stereocenters. The van der Waals surface area contributed by atoms with Gasteiger partial charge in [0.1, 0.15) is 5.82 Å². The first kappa shape index (κ1) is 29.6. The van der Waals surface area contributed by atoms with E-state index in [0.717, 1.165) is 28.1 Å². The molecule has 0 saturated heterocycles. The average Bonchev–Trinajstić information content (AvgIpc) is 3.22. The largest absolute Gasteiger partial charge is 0.309 e. The molecule has 1 N–H and O–H groups in total. The van der Waals surface area contributed by atoms with E-state index in [1.807, 2.05) is 50.2 Å². The van der Waals surface area contributed by atoms with Crippen molar-refractivity contribution in [3.05, 3.63) is 70.9 Å². The van der Waals surface area contributed by atoms with Gasteiger partial charge in [0.05, 0.1) is 22.8 Å². The van der Waals surface area contributed by atoms with Gasteiger partial charge in [-0.1, -0.05) is 65.8 Å². The molecule has 206 valence electrons. The zero-order valence-electron chi connectivity index (χ0n) is 24.4. The standard InChI is InChI=1S/C30H42N4O3S/c1-20(2)33(38(36,37)24-16-14-23(15-17-24)29(5,6)7)19-28(35)31-27-18-26(30(8,9)10)32-34(27)25-13-11-12-21(3)22(25)4/h11-18,20H,19H2,1-10H3,(H,31,35). The summed E-state index contributed by atoms with van der Waals surface area (Å²) in [6.07, 6.45) is 0. The van der Waals surface area contributed by atoms with E-state index < -0.39 is 22.0 Å². The maximum absolute atomic E-state index is 13.6. The van der Waals surface area contributed by atoms with E-state index in [1.54, 1.807) is 30.7 Å². The van der Waals surface area contributed by atoms with Crippen molar-refractivity contribution in [2.45, 2.75) is 91.0 Å². The van der Waals surface area contributed by atoms with Crippen LogP contribution in [-0.4, -0.2) is 41.0 Å². The van der Waals surface area contributed by atoms with Gasteiger partial charge in [0.15, 0.2) is 0 Å². The van der Waals surface area contributed by atoms with Gasteiger partial charge in [0, 0.05) is 17.5 Å². The molecule has 0 saturated carbocycles. The van der Waals surface area contributed by atoms with Crippen LogP contribution in [0.5, 0.6) is 0 Å². The van der Waals surface area contributed by atoms with Crippen molar-refractivity contribution in [3.63, 3.8) is 0 Å². The smallest absolute Gasteiger partial charge is 0.243 e. The summed E-state index contributed by atoms with van der Waals surface area (Å²) in [6, 6.07) is 14.3. The van der Waals surface area contributed by atoms with Gasteiger partial charge in [-0.05, 0) is 68.0 Å². The topological polar surface area (TPSA) is 84.3 Å². The van der Waals surface area contributed by atoms with E-state index in [-0.39, 0.29) is 22.3 Å². The van der Waals surface area contributed by atoms with Crippen molar-refractivity contribution in [3.8, 4) is 5.69 Å². The lowest BCUT2D eigenvalue weighted by molar-refractivity contribution is -0.116. The van der Waals surface area contributed by atoms with Crippen LogP contribution >= 0.6 is 0 Å². The Hall–Kier alpha value is -2.97. The van der Waals surface area contributed by atoms with Crippen LogP contribution in [0.25, 0.3) is 5.69 Å². The molecular weight excluding hydrogens is 496 g/mol. The summed E-state index contributed by atoms with van der Waals surface area (Å²) in [5.41, 5.74) is 4.56. The highest BCUT2D eigenvalue weighted by Crippen LogP contribution is 2.29. The quantitative estimate of drug-likeness (QED) is 0.393. The first-order valence-electron chi connectivity index (χ1n) is 13.0. The molecule has 1 aromatic heterocycles. The number of anilines is 1. The van der Waals surface area contributed by atoms with E-state index in [4.69, 9.17) is 5.10 Å². The predicted octanol–water partition coefficient (Wildman–Crippen LogP) is 6.12. The Kier molecular flexibility index (Phi) is 8.29. The number of carbonyl (C=O) groups excluding carboxylic acids is 1. The summed E-state index contributed by atoms with van der Waals surface area (Å²) in [4.78, 5) is 13.5. The van der Waals surface area contributed by atoms with E-state index >= 15 is 0 Å². The number of rotatable bonds is 7. The third kappa shape index (κ3) is 6.35. The molecule has 0 spiro atoms. The number of carbonyl (C=O) groups is 1. The molecule has 3 rings (SSSR count). The maximum atomic E-state index is 13.6. The molecule has 0 aliphatic rings. The third-order valence-corrected chi connectivity index (χ3v) is 8.79. The second-order valence-electron chi connectivity index (χ2n) is 12.3. The Bertz CT molecular complexity index is 1410.